The number of aliphatic hydroxyl groups is 1. The Kier molecular flexibility index (Phi) is 2.79. The van der Waals surface area contributed by atoms with Crippen LogP contribution in [0.5, 0.6) is 0 Å². The molecule has 46 valence electrons. The fourth-order valence-electron chi connectivity index (χ4n) is 0.266. The van der Waals surface area contributed by atoms with E-state index < -0.39 is 6.10 Å². The van der Waals surface area contributed by atoms with E-state index >= 15 is 0 Å². The van der Waals surface area contributed by atoms with Crippen LogP contribution in [0.1, 0.15) is 6.92 Å². The molecule has 0 bridgehead atoms. The lowest BCUT2D eigenvalue weighted by Crippen LogP contribution is -2.18. The van der Waals surface area contributed by atoms with Crippen LogP contribution < -0.4 is 5.84 Å². The Bertz CT molecular complexity index is 108. The van der Waals surface area contributed by atoms with Crippen LogP contribution >= 0.6 is 0 Å². The predicted octanol–water partition coefficient (Wildman–Crippen LogP) is -0.669. The van der Waals surface area contributed by atoms with Crippen molar-refractivity contribution in [2.45, 2.75) is 13.0 Å². The Balaban J connectivity index is 3.91. The lowest BCUT2D eigenvalue weighted by Gasteiger charge is -1.97. The molecule has 4 N–H and O–H groups in total. The lowest BCUT2D eigenvalue weighted by molar-refractivity contribution is 0.264. The van der Waals surface area contributed by atoms with E-state index in [0.29, 0.717) is 0 Å². The van der Waals surface area contributed by atoms with E-state index in [9.17, 15) is 0 Å². The summed E-state index contributed by atoms with van der Waals surface area (Å²) in [7, 11) is 0. The third-order valence-electron chi connectivity index (χ3n) is 0.725. The van der Waals surface area contributed by atoms with Crippen molar-refractivity contribution in [1.29, 1.82) is 5.41 Å². The zero-order chi connectivity index (χ0) is 6.57. The van der Waals surface area contributed by atoms with Crippen LogP contribution in [0.25, 0.3) is 0 Å². The second-order valence-electron chi connectivity index (χ2n) is 1.37. The van der Waals surface area contributed by atoms with Crippen molar-refractivity contribution < 1.29 is 5.11 Å². The second-order valence-corrected chi connectivity index (χ2v) is 1.37. The topological polar surface area (TPSA) is 82.5 Å². The first-order valence-corrected chi connectivity index (χ1v) is 2.18. The lowest BCUT2D eigenvalue weighted by atomic mass is 10.3. The van der Waals surface area contributed by atoms with E-state index in [1.54, 1.807) is 0 Å². The van der Waals surface area contributed by atoms with Gasteiger partial charge in [0.05, 0.1) is 6.10 Å². The fraction of sp³-hybridized carbons (Fsp3) is 0.500. The summed E-state index contributed by atoms with van der Waals surface area (Å²) < 4.78 is 0. The normalized spacial score (nSPS) is 15.5. The minimum absolute atomic E-state index is 0.185. The van der Waals surface area contributed by atoms with Crippen molar-refractivity contribution in [1.82, 2.24) is 0 Å². The van der Waals surface area contributed by atoms with Crippen LogP contribution in [0.4, 0.5) is 0 Å². The molecule has 0 rings (SSSR count). The number of nitrogens with one attached hydrogen (secondary N) is 1. The Morgan fingerprint density at radius 2 is 2.50 bits per heavy atom. The smallest absolute Gasteiger partial charge is 0.106 e. The molecule has 0 saturated heterocycles. The summed E-state index contributed by atoms with van der Waals surface area (Å²) in [5, 5.41) is 18.4. The second kappa shape index (κ2) is 3.15. The molecule has 4 nitrogen and oxygen atoms in total. The molecule has 0 heterocycles. The molecular formula is C4H9N3O. The largest absolute Gasteiger partial charge is 0.387 e. The monoisotopic (exact) mass is 115 g/mol. The third-order valence-corrected chi connectivity index (χ3v) is 0.725. The van der Waals surface area contributed by atoms with Crippen molar-refractivity contribution in [3.63, 3.8) is 0 Å². The van der Waals surface area contributed by atoms with Gasteiger partial charge in [0.2, 0.25) is 0 Å². The molecule has 0 saturated carbocycles. The van der Waals surface area contributed by atoms with Crippen molar-refractivity contribution in [3.8, 4) is 0 Å². The number of nitrogens with zero attached hydrogens (tertiary/aromatic N) is 1. The molecular weight excluding hydrogens is 106 g/mol. The maximum absolute atomic E-state index is 8.65. The number of hydrogen-bond acceptors (Lipinski definition) is 4. The van der Waals surface area contributed by atoms with E-state index in [-0.39, 0.29) is 5.71 Å². The first-order valence-electron chi connectivity index (χ1n) is 2.18. The Labute approximate surface area is 47.5 Å². The minimum atomic E-state index is -0.738. The van der Waals surface area contributed by atoms with Crippen LogP contribution in [0.15, 0.2) is 5.10 Å². The van der Waals surface area contributed by atoms with Crippen molar-refractivity contribution >= 4 is 11.9 Å². The standard InChI is InChI=1S/C4H9N3O/c1-3(8)4(2-5)7-6/h2-3,5,8H,6H2,1H3. The van der Waals surface area contributed by atoms with Gasteiger partial charge in [-0.15, -0.1) is 0 Å². The fourth-order valence-corrected chi connectivity index (χ4v) is 0.266. The maximum Gasteiger partial charge on any atom is 0.106 e. The molecule has 4 heteroatoms. The van der Waals surface area contributed by atoms with E-state index in [1.165, 1.54) is 6.92 Å². The summed E-state index contributed by atoms with van der Waals surface area (Å²) in [6.45, 7) is 1.50. The molecule has 0 aliphatic rings. The highest BCUT2D eigenvalue weighted by Gasteiger charge is 1.99. The molecule has 0 aromatic rings. The van der Waals surface area contributed by atoms with Gasteiger partial charge in [0.25, 0.3) is 0 Å². The highest BCUT2D eigenvalue weighted by Crippen LogP contribution is 1.79. The molecule has 0 aliphatic carbocycles. The van der Waals surface area contributed by atoms with E-state index in [1.807, 2.05) is 0 Å². The Hall–Kier alpha value is -0.900. The van der Waals surface area contributed by atoms with Crippen molar-refractivity contribution in [2.24, 2.45) is 10.9 Å². The number of nitrogens with two attached hydrogens (primary N) is 1. The van der Waals surface area contributed by atoms with Gasteiger partial charge in [-0.2, -0.15) is 5.10 Å². The summed E-state index contributed by atoms with van der Waals surface area (Å²) in [6.07, 6.45) is 0.183. The van der Waals surface area contributed by atoms with Crippen molar-refractivity contribution in [2.75, 3.05) is 0 Å². The molecule has 1 unspecified atom stereocenters. The third kappa shape index (κ3) is 1.70. The van der Waals surface area contributed by atoms with Gasteiger partial charge in [0, 0.05) is 6.21 Å². The van der Waals surface area contributed by atoms with Gasteiger partial charge in [-0.05, 0) is 6.92 Å². The van der Waals surface area contributed by atoms with Gasteiger partial charge in [-0.1, -0.05) is 0 Å². The summed E-state index contributed by atoms with van der Waals surface area (Å²) in [5.41, 5.74) is 0.185. The molecule has 0 aromatic heterocycles. The van der Waals surface area contributed by atoms with E-state index in [2.05, 4.69) is 5.10 Å². The molecule has 0 radical (unpaired) electrons. The van der Waals surface area contributed by atoms with Crippen LogP contribution in [-0.2, 0) is 0 Å². The first-order chi connectivity index (χ1) is 3.72. The predicted molar refractivity (Wildman–Crippen MR) is 32.1 cm³/mol. The van der Waals surface area contributed by atoms with Crippen molar-refractivity contribution in [3.05, 3.63) is 0 Å². The Morgan fingerprint density at radius 3 is 2.50 bits per heavy atom. The number of hydrogen-bond donors (Lipinski definition) is 3. The summed E-state index contributed by atoms with van der Waals surface area (Å²) in [5.74, 6) is 4.76. The number of hydrazone groups is 1. The SMILES string of the molecule is CC(O)C(C=N)=NN. The molecule has 0 aromatic carbocycles. The van der Waals surface area contributed by atoms with Gasteiger partial charge in [0.1, 0.15) is 5.71 Å². The van der Waals surface area contributed by atoms with Crippen LogP contribution in [0, 0.1) is 5.41 Å². The molecule has 0 amide bonds. The van der Waals surface area contributed by atoms with Gasteiger partial charge in [-0.25, -0.2) is 0 Å². The molecule has 1 atom stereocenters. The Morgan fingerprint density at radius 1 is 2.00 bits per heavy atom. The summed E-state index contributed by atoms with van der Waals surface area (Å²) in [6, 6.07) is 0. The van der Waals surface area contributed by atoms with E-state index in [4.69, 9.17) is 16.4 Å². The zero-order valence-electron chi connectivity index (χ0n) is 4.63. The highest BCUT2D eigenvalue weighted by atomic mass is 16.3. The van der Waals surface area contributed by atoms with E-state index in [0.717, 1.165) is 6.21 Å². The molecule has 0 aliphatic heterocycles. The zero-order valence-corrected chi connectivity index (χ0v) is 4.63. The van der Waals surface area contributed by atoms with Crippen LogP contribution in [-0.4, -0.2) is 23.1 Å². The molecule has 0 fully saturated rings. The van der Waals surface area contributed by atoms with Gasteiger partial charge >= 0.3 is 0 Å². The van der Waals surface area contributed by atoms with Crippen LogP contribution in [0.3, 0.4) is 0 Å². The molecule has 0 spiro atoms. The first kappa shape index (κ1) is 7.10. The van der Waals surface area contributed by atoms with Gasteiger partial charge < -0.3 is 16.4 Å². The van der Waals surface area contributed by atoms with Gasteiger partial charge in [-0.3, -0.25) is 0 Å². The van der Waals surface area contributed by atoms with Crippen LogP contribution in [0.2, 0.25) is 0 Å². The highest BCUT2D eigenvalue weighted by molar-refractivity contribution is 6.31. The number of rotatable bonds is 2. The summed E-state index contributed by atoms with van der Waals surface area (Å²) in [4.78, 5) is 0. The summed E-state index contributed by atoms with van der Waals surface area (Å²) >= 11 is 0. The van der Waals surface area contributed by atoms with Gasteiger partial charge in [0.15, 0.2) is 0 Å². The quantitative estimate of drug-likeness (QED) is 0.253. The minimum Gasteiger partial charge on any atom is -0.387 e. The average Bonchev–Trinajstić information content (AvgIpc) is 1.69. The maximum atomic E-state index is 8.65. The average molecular weight is 115 g/mol. The number of aliphatic hydroxyl groups excluding tert-OH is 1. The molecule has 8 heavy (non-hydrogen) atoms.